The number of nitriles is 1. The molecule has 1 aromatic heterocycles. The summed E-state index contributed by atoms with van der Waals surface area (Å²) in [7, 11) is 0. The second-order valence-electron chi connectivity index (χ2n) is 7.62. The SMILES string of the molecule is CC(C)c1cccc(C(C)C)c1Nc1nccc(C(=O)Nc2ccccc2C#N)n1. The lowest BCUT2D eigenvalue weighted by atomic mass is 9.93. The molecule has 6 heteroatoms. The Balaban J connectivity index is 1.90. The van der Waals surface area contributed by atoms with Crippen molar-refractivity contribution in [3.63, 3.8) is 0 Å². The molecule has 0 saturated heterocycles. The number of nitrogens with one attached hydrogen (secondary N) is 2. The van der Waals surface area contributed by atoms with E-state index >= 15 is 0 Å². The van der Waals surface area contributed by atoms with Gasteiger partial charge in [0, 0.05) is 11.9 Å². The van der Waals surface area contributed by atoms with Crippen LogP contribution in [0.2, 0.25) is 0 Å². The second kappa shape index (κ2) is 9.19. The summed E-state index contributed by atoms with van der Waals surface area (Å²) in [6, 6.07) is 16.7. The minimum Gasteiger partial charge on any atom is -0.324 e. The van der Waals surface area contributed by atoms with Crippen LogP contribution in [0.25, 0.3) is 0 Å². The molecule has 0 aliphatic rings. The minimum atomic E-state index is -0.399. The van der Waals surface area contributed by atoms with E-state index in [-0.39, 0.29) is 5.69 Å². The first-order valence-corrected chi connectivity index (χ1v) is 9.94. The number of hydrogen-bond donors (Lipinski definition) is 2. The molecule has 0 fully saturated rings. The Labute approximate surface area is 177 Å². The molecule has 1 heterocycles. The molecular weight excluding hydrogens is 374 g/mol. The van der Waals surface area contributed by atoms with Crippen LogP contribution in [0.15, 0.2) is 54.7 Å². The normalized spacial score (nSPS) is 10.7. The second-order valence-corrected chi connectivity index (χ2v) is 7.62. The van der Waals surface area contributed by atoms with Gasteiger partial charge in [0.15, 0.2) is 0 Å². The van der Waals surface area contributed by atoms with Crippen LogP contribution in [0, 0.1) is 11.3 Å². The number of aromatic nitrogens is 2. The van der Waals surface area contributed by atoms with Gasteiger partial charge < -0.3 is 10.6 Å². The summed E-state index contributed by atoms with van der Waals surface area (Å²) in [5, 5.41) is 15.3. The van der Waals surface area contributed by atoms with Crippen LogP contribution < -0.4 is 10.6 Å². The molecule has 1 amide bonds. The molecule has 0 atom stereocenters. The smallest absolute Gasteiger partial charge is 0.274 e. The predicted molar refractivity (Wildman–Crippen MR) is 119 cm³/mol. The van der Waals surface area contributed by atoms with E-state index in [1.807, 2.05) is 0 Å². The summed E-state index contributed by atoms with van der Waals surface area (Å²) in [6.45, 7) is 8.56. The van der Waals surface area contributed by atoms with E-state index in [9.17, 15) is 10.1 Å². The fraction of sp³-hybridized carbons (Fsp3) is 0.250. The third-order valence-electron chi connectivity index (χ3n) is 4.79. The number of carbonyl (C=O) groups excluding carboxylic acids is 1. The van der Waals surface area contributed by atoms with Crippen molar-refractivity contribution in [1.82, 2.24) is 9.97 Å². The molecule has 0 saturated carbocycles. The maximum atomic E-state index is 12.7. The van der Waals surface area contributed by atoms with Crippen molar-refractivity contribution >= 4 is 23.2 Å². The van der Waals surface area contributed by atoms with Gasteiger partial charge in [0.2, 0.25) is 5.95 Å². The molecule has 30 heavy (non-hydrogen) atoms. The highest BCUT2D eigenvalue weighted by Gasteiger charge is 2.16. The maximum absolute atomic E-state index is 12.7. The fourth-order valence-corrected chi connectivity index (χ4v) is 3.23. The van der Waals surface area contributed by atoms with E-state index < -0.39 is 5.91 Å². The third-order valence-corrected chi connectivity index (χ3v) is 4.79. The van der Waals surface area contributed by atoms with E-state index in [0.29, 0.717) is 29.0 Å². The van der Waals surface area contributed by atoms with E-state index in [2.05, 4.69) is 72.6 Å². The molecule has 2 aromatic carbocycles. The quantitative estimate of drug-likeness (QED) is 0.564. The number of anilines is 3. The summed E-state index contributed by atoms with van der Waals surface area (Å²) in [6.07, 6.45) is 1.55. The highest BCUT2D eigenvalue weighted by Crippen LogP contribution is 2.33. The Morgan fingerprint density at radius 3 is 2.27 bits per heavy atom. The highest BCUT2D eigenvalue weighted by molar-refractivity contribution is 6.03. The molecule has 0 aliphatic heterocycles. The molecule has 3 aromatic rings. The zero-order valence-electron chi connectivity index (χ0n) is 17.6. The van der Waals surface area contributed by atoms with Crippen molar-refractivity contribution in [3.05, 3.63) is 77.1 Å². The lowest BCUT2D eigenvalue weighted by Crippen LogP contribution is -2.16. The number of benzene rings is 2. The van der Waals surface area contributed by atoms with E-state index in [1.54, 1.807) is 36.5 Å². The Morgan fingerprint density at radius 2 is 1.63 bits per heavy atom. The topological polar surface area (TPSA) is 90.7 Å². The van der Waals surface area contributed by atoms with Gasteiger partial charge in [-0.15, -0.1) is 0 Å². The van der Waals surface area contributed by atoms with Crippen molar-refractivity contribution < 1.29 is 4.79 Å². The average Bonchev–Trinajstić information content (AvgIpc) is 2.74. The van der Waals surface area contributed by atoms with E-state index in [0.717, 1.165) is 5.69 Å². The summed E-state index contributed by atoms with van der Waals surface area (Å²) in [5.41, 5.74) is 4.38. The zero-order valence-corrected chi connectivity index (χ0v) is 17.6. The summed E-state index contributed by atoms with van der Waals surface area (Å²) < 4.78 is 0. The van der Waals surface area contributed by atoms with Gasteiger partial charge in [0.1, 0.15) is 11.8 Å². The number of hydrogen-bond acceptors (Lipinski definition) is 5. The van der Waals surface area contributed by atoms with E-state index in [1.165, 1.54) is 11.1 Å². The summed E-state index contributed by atoms with van der Waals surface area (Å²) >= 11 is 0. The van der Waals surface area contributed by atoms with Crippen molar-refractivity contribution in [2.24, 2.45) is 0 Å². The fourth-order valence-electron chi connectivity index (χ4n) is 3.23. The Kier molecular flexibility index (Phi) is 6.43. The van der Waals surface area contributed by atoms with Gasteiger partial charge in [0.25, 0.3) is 5.91 Å². The summed E-state index contributed by atoms with van der Waals surface area (Å²) in [4.78, 5) is 21.4. The first-order valence-electron chi connectivity index (χ1n) is 9.94. The standard InChI is InChI=1S/C24H25N5O/c1-15(2)18-9-7-10-19(16(3)4)22(18)29-24-26-13-12-21(28-24)23(30)27-20-11-6-5-8-17(20)14-25/h5-13,15-16H,1-4H3,(H,27,30)(H,26,28,29). The Bertz CT molecular complexity index is 1070. The number of amides is 1. The zero-order chi connectivity index (χ0) is 21.7. The molecule has 3 rings (SSSR count). The minimum absolute atomic E-state index is 0.216. The van der Waals surface area contributed by atoms with Crippen LogP contribution in [0.4, 0.5) is 17.3 Å². The van der Waals surface area contributed by atoms with Crippen molar-refractivity contribution in [2.75, 3.05) is 10.6 Å². The Morgan fingerprint density at radius 1 is 0.967 bits per heavy atom. The lowest BCUT2D eigenvalue weighted by molar-refractivity contribution is 0.102. The lowest BCUT2D eigenvalue weighted by Gasteiger charge is -2.20. The molecule has 152 valence electrons. The molecular formula is C24H25N5O. The monoisotopic (exact) mass is 399 g/mol. The van der Waals surface area contributed by atoms with Crippen LogP contribution in [0.3, 0.4) is 0 Å². The van der Waals surface area contributed by atoms with Crippen molar-refractivity contribution in [3.8, 4) is 6.07 Å². The first kappa shape index (κ1) is 21.0. The number of rotatable bonds is 6. The van der Waals surface area contributed by atoms with Crippen LogP contribution in [-0.2, 0) is 0 Å². The van der Waals surface area contributed by atoms with Gasteiger partial charge in [-0.1, -0.05) is 58.0 Å². The van der Waals surface area contributed by atoms with Crippen LogP contribution >= 0.6 is 0 Å². The molecule has 0 radical (unpaired) electrons. The predicted octanol–water partition coefficient (Wildman–Crippen LogP) is 5.59. The Hall–Kier alpha value is -3.72. The van der Waals surface area contributed by atoms with Gasteiger partial charge in [-0.3, -0.25) is 4.79 Å². The number of nitrogens with zero attached hydrogens (tertiary/aromatic N) is 3. The molecule has 0 unspecified atom stereocenters. The maximum Gasteiger partial charge on any atom is 0.274 e. The van der Waals surface area contributed by atoms with Gasteiger partial charge in [-0.25, -0.2) is 9.97 Å². The van der Waals surface area contributed by atoms with Gasteiger partial charge in [-0.05, 0) is 41.2 Å². The van der Waals surface area contributed by atoms with Gasteiger partial charge >= 0.3 is 0 Å². The average molecular weight is 399 g/mol. The first-order chi connectivity index (χ1) is 14.4. The summed E-state index contributed by atoms with van der Waals surface area (Å²) in [5.74, 6) is 0.593. The molecule has 0 spiro atoms. The van der Waals surface area contributed by atoms with Crippen molar-refractivity contribution in [1.29, 1.82) is 5.26 Å². The third kappa shape index (κ3) is 4.64. The highest BCUT2D eigenvalue weighted by atomic mass is 16.1. The molecule has 6 nitrogen and oxygen atoms in total. The van der Waals surface area contributed by atoms with Crippen LogP contribution in [0.5, 0.6) is 0 Å². The number of carbonyl (C=O) groups is 1. The number of para-hydroxylation sites is 2. The molecule has 0 bridgehead atoms. The van der Waals surface area contributed by atoms with Gasteiger partial charge in [-0.2, -0.15) is 5.26 Å². The van der Waals surface area contributed by atoms with E-state index in [4.69, 9.17) is 0 Å². The van der Waals surface area contributed by atoms with Crippen LogP contribution in [-0.4, -0.2) is 15.9 Å². The largest absolute Gasteiger partial charge is 0.324 e. The molecule has 2 N–H and O–H groups in total. The molecule has 0 aliphatic carbocycles. The van der Waals surface area contributed by atoms with Gasteiger partial charge in [0.05, 0.1) is 11.3 Å². The van der Waals surface area contributed by atoms with Crippen molar-refractivity contribution in [2.45, 2.75) is 39.5 Å². The van der Waals surface area contributed by atoms with Crippen LogP contribution in [0.1, 0.15) is 66.7 Å².